The number of morpholine rings is 1. The Morgan fingerprint density at radius 2 is 1.79 bits per heavy atom. The van der Waals surface area contributed by atoms with Gasteiger partial charge in [-0.1, -0.05) is 12.1 Å². The second-order valence-corrected chi connectivity index (χ2v) is 5.81. The van der Waals surface area contributed by atoms with Crippen LogP contribution in [0.2, 0.25) is 0 Å². The van der Waals surface area contributed by atoms with Gasteiger partial charge >= 0.3 is 0 Å². The predicted molar refractivity (Wildman–Crippen MR) is 86.0 cm³/mol. The van der Waals surface area contributed by atoms with Crippen LogP contribution in [-0.4, -0.2) is 32.2 Å². The third kappa shape index (κ3) is 4.15. The second kappa shape index (κ2) is 7.51. The minimum Gasteiger partial charge on any atom is -0.370 e. The first-order valence-electron chi connectivity index (χ1n) is 7.88. The van der Waals surface area contributed by atoms with Crippen LogP contribution in [0.1, 0.15) is 15.9 Å². The Labute approximate surface area is 139 Å². The highest BCUT2D eigenvalue weighted by molar-refractivity contribution is 6.04. The van der Waals surface area contributed by atoms with Gasteiger partial charge in [0.15, 0.2) is 0 Å². The Bertz CT molecular complexity index is 713. The molecule has 4 nitrogen and oxygen atoms in total. The van der Waals surface area contributed by atoms with Crippen molar-refractivity contribution >= 4 is 11.6 Å². The average Bonchev–Trinajstić information content (AvgIpc) is 2.59. The predicted octanol–water partition coefficient (Wildman–Crippen LogP) is 1.63. The molecule has 6 heteroatoms. The molecule has 1 aliphatic heterocycles. The van der Waals surface area contributed by atoms with Crippen molar-refractivity contribution in [2.45, 2.75) is 6.54 Å². The summed E-state index contributed by atoms with van der Waals surface area (Å²) in [5.74, 6) is -1.90. The molecular formula is C18H19F2N2O2+. The molecule has 24 heavy (non-hydrogen) atoms. The third-order valence-corrected chi connectivity index (χ3v) is 4.05. The van der Waals surface area contributed by atoms with Crippen molar-refractivity contribution in [1.29, 1.82) is 0 Å². The van der Waals surface area contributed by atoms with E-state index in [-0.39, 0.29) is 5.69 Å². The summed E-state index contributed by atoms with van der Waals surface area (Å²) >= 11 is 0. The van der Waals surface area contributed by atoms with Crippen molar-refractivity contribution < 1.29 is 23.2 Å². The highest BCUT2D eigenvalue weighted by atomic mass is 19.1. The van der Waals surface area contributed by atoms with E-state index < -0.39 is 17.5 Å². The van der Waals surface area contributed by atoms with E-state index in [1.54, 1.807) is 12.1 Å². The van der Waals surface area contributed by atoms with E-state index in [4.69, 9.17) is 4.74 Å². The normalized spacial score (nSPS) is 15.2. The molecular weight excluding hydrogens is 314 g/mol. The van der Waals surface area contributed by atoms with Gasteiger partial charge in [0.2, 0.25) is 0 Å². The molecule has 0 unspecified atom stereocenters. The molecule has 0 saturated carbocycles. The molecule has 0 bridgehead atoms. The molecule has 1 amide bonds. The quantitative estimate of drug-likeness (QED) is 0.893. The summed E-state index contributed by atoms with van der Waals surface area (Å²) < 4.78 is 31.8. The summed E-state index contributed by atoms with van der Waals surface area (Å²) in [6.45, 7) is 4.40. The smallest absolute Gasteiger partial charge is 0.255 e. The first-order valence-corrected chi connectivity index (χ1v) is 7.88. The number of nitrogens with one attached hydrogen (secondary N) is 2. The zero-order chi connectivity index (χ0) is 16.9. The van der Waals surface area contributed by atoms with Gasteiger partial charge in [0.1, 0.15) is 31.3 Å². The standard InChI is InChI=1S/C18H18F2N2O2/c19-15-5-6-17(16(20)11-15)21-18(23)14-3-1-13(2-4-14)12-22-7-9-24-10-8-22/h1-6,11H,7-10,12H2,(H,21,23)/p+1. The van der Waals surface area contributed by atoms with E-state index >= 15 is 0 Å². The molecule has 0 aromatic heterocycles. The van der Waals surface area contributed by atoms with Crippen LogP contribution in [-0.2, 0) is 11.3 Å². The van der Waals surface area contributed by atoms with Crippen LogP contribution in [0.4, 0.5) is 14.5 Å². The van der Waals surface area contributed by atoms with Crippen LogP contribution in [0, 0.1) is 11.6 Å². The Morgan fingerprint density at radius 3 is 2.46 bits per heavy atom. The fourth-order valence-corrected chi connectivity index (χ4v) is 2.68. The van der Waals surface area contributed by atoms with Gasteiger partial charge in [0.05, 0.1) is 18.9 Å². The molecule has 0 spiro atoms. The molecule has 1 fully saturated rings. The van der Waals surface area contributed by atoms with Crippen LogP contribution in [0.25, 0.3) is 0 Å². The largest absolute Gasteiger partial charge is 0.370 e. The fourth-order valence-electron chi connectivity index (χ4n) is 2.68. The maximum atomic E-state index is 13.6. The van der Waals surface area contributed by atoms with Gasteiger partial charge < -0.3 is 15.0 Å². The molecule has 3 rings (SSSR count). The number of hydrogen-bond donors (Lipinski definition) is 2. The molecule has 2 aromatic carbocycles. The molecule has 0 atom stereocenters. The lowest BCUT2D eigenvalue weighted by Crippen LogP contribution is -3.12. The minimum absolute atomic E-state index is 0.0387. The first-order chi connectivity index (χ1) is 11.6. The summed E-state index contributed by atoms with van der Waals surface area (Å²) in [5, 5.41) is 2.45. The number of quaternary nitrogens is 1. The van der Waals surface area contributed by atoms with Gasteiger partial charge in [-0.05, 0) is 24.3 Å². The molecule has 126 valence electrons. The summed E-state index contributed by atoms with van der Waals surface area (Å²) in [6.07, 6.45) is 0. The van der Waals surface area contributed by atoms with Crippen LogP contribution < -0.4 is 10.2 Å². The van der Waals surface area contributed by atoms with Crippen LogP contribution >= 0.6 is 0 Å². The zero-order valence-electron chi connectivity index (χ0n) is 13.1. The monoisotopic (exact) mass is 333 g/mol. The van der Waals surface area contributed by atoms with Crippen molar-refractivity contribution in [3.8, 4) is 0 Å². The van der Waals surface area contributed by atoms with Gasteiger partial charge in [-0.3, -0.25) is 4.79 Å². The van der Waals surface area contributed by atoms with Gasteiger partial charge in [0, 0.05) is 17.2 Å². The lowest BCUT2D eigenvalue weighted by molar-refractivity contribution is -0.921. The maximum absolute atomic E-state index is 13.6. The van der Waals surface area contributed by atoms with E-state index in [0.29, 0.717) is 5.56 Å². The van der Waals surface area contributed by atoms with Crippen LogP contribution in [0.3, 0.4) is 0 Å². The Balaban J connectivity index is 1.62. The summed E-state index contributed by atoms with van der Waals surface area (Å²) in [6, 6.07) is 10.3. The number of halogens is 2. The summed E-state index contributed by atoms with van der Waals surface area (Å²) in [4.78, 5) is 13.6. The molecule has 1 saturated heterocycles. The summed E-state index contributed by atoms with van der Waals surface area (Å²) in [5.41, 5.74) is 1.53. The number of ether oxygens (including phenoxy) is 1. The fraction of sp³-hybridized carbons (Fsp3) is 0.278. The molecule has 2 N–H and O–H groups in total. The maximum Gasteiger partial charge on any atom is 0.255 e. The van der Waals surface area contributed by atoms with E-state index in [1.165, 1.54) is 11.0 Å². The SMILES string of the molecule is O=C(Nc1ccc(F)cc1F)c1ccc(C[NH+]2CCOCC2)cc1. The molecule has 1 aliphatic rings. The van der Waals surface area contributed by atoms with E-state index in [2.05, 4.69) is 5.32 Å². The number of amides is 1. The number of carbonyl (C=O) groups is 1. The molecule has 0 aliphatic carbocycles. The number of hydrogen-bond acceptors (Lipinski definition) is 2. The molecule has 0 radical (unpaired) electrons. The molecule has 2 aromatic rings. The third-order valence-electron chi connectivity index (χ3n) is 4.05. The first kappa shape index (κ1) is 16.5. The Hall–Kier alpha value is -2.31. The van der Waals surface area contributed by atoms with E-state index in [9.17, 15) is 13.6 Å². The molecule has 1 heterocycles. The number of benzene rings is 2. The van der Waals surface area contributed by atoms with Crippen molar-refractivity contribution in [2.75, 3.05) is 31.6 Å². The Morgan fingerprint density at radius 1 is 1.08 bits per heavy atom. The van der Waals surface area contributed by atoms with Crippen molar-refractivity contribution in [1.82, 2.24) is 0 Å². The lowest BCUT2D eigenvalue weighted by atomic mass is 10.1. The second-order valence-electron chi connectivity index (χ2n) is 5.81. The van der Waals surface area contributed by atoms with Crippen molar-refractivity contribution in [3.63, 3.8) is 0 Å². The topological polar surface area (TPSA) is 42.8 Å². The number of carbonyl (C=O) groups excluding carboxylic acids is 1. The van der Waals surface area contributed by atoms with Crippen molar-refractivity contribution in [3.05, 3.63) is 65.2 Å². The number of anilines is 1. The van der Waals surface area contributed by atoms with Crippen LogP contribution in [0.15, 0.2) is 42.5 Å². The van der Waals surface area contributed by atoms with Crippen LogP contribution in [0.5, 0.6) is 0 Å². The number of rotatable bonds is 4. The van der Waals surface area contributed by atoms with Gasteiger partial charge in [0.25, 0.3) is 5.91 Å². The average molecular weight is 333 g/mol. The summed E-state index contributed by atoms with van der Waals surface area (Å²) in [7, 11) is 0. The van der Waals surface area contributed by atoms with Gasteiger partial charge in [-0.2, -0.15) is 0 Å². The van der Waals surface area contributed by atoms with E-state index in [0.717, 1.165) is 50.5 Å². The zero-order valence-corrected chi connectivity index (χ0v) is 13.1. The Kier molecular flexibility index (Phi) is 5.17. The lowest BCUT2D eigenvalue weighted by Gasteiger charge is -2.23. The van der Waals surface area contributed by atoms with Crippen molar-refractivity contribution in [2.24, 2.45) is 0 Å². The van der Waals surface area contributed by atoms with Gasteiger partial charge in [-0.15, -0.1) is 0 Å². The highest BCUT2D eigenvalue weighted by Crippen LogP contribution is 2.16. The van der Waals surface area contributed by atoms with E-state index in [1.807, 2.05) is 12.1 Å². The minimum atomic E-state index is -0.795. The van der Waals surface area contributed by atoms with Gasteiger partial charge in [-0.25, -0.2) is 8.78 Å². The highest BCUT2D eigenvalue weighted by Gasteiger charge is 2.15.